The first kappa shape index (κ1) is 19.2. The zero-order chi connectivity index (χ0) is 20.0. The summed E-state index contributed by atoms with van der Waals surface area (Å²) in [5.41, 5.74) is -0.976. The van der Waals surface area contributed by atoms with Crippen LogP contribution >= 0.6 is 0 Å². The van der Waals surface area contributed by atoms with Crippen molar-refractivity contribution in [2.24, 2.45) is 0 Å². The molecule has 0 saturated heterocycles. The summed E-state index contributed by atoms with van der Waals surface area (Å²) in [6, 6.07) is 10.3. The van der Waals surface area contributed by atoms with Crippen molar-refractivity contribution < 1.29 is 19.2 Å². The van der Waals surface area contributed by atoms with Gasteiger partial charge in [-0.15, -0.1) is 0 Å². The van der Waals surface area contributed by atoms with E-state index in [9.17, 15) is 14.7 Å². The molecule has 1 unspecified atom stereocenters. The summed E-state index contributed by atoms with van der Waals surface area (Å²) in [7, 11) is 0. The Kier molecular flexibility index (Phi) is 5.73. The molecule has 144 valence electrons. The standard InChI is InChI=1S/C19H19N5O4/c1-2-19(18(26)27,13-7-4-3-5-8-13)23-14(25)9-10-15-22-17(24-28-15)16-20-11-6-12-21-16/h3-8,11-12H,2,9-10H2,1H3,(H,23,25)(H,26,27). The van der Waals surface area contributed by atoms with Crippen LogP contribution in [0.3, 0.4) is 0 Å². The van der Waals surface area contributed by atoms with Crippen molar-refractivity contribution in [3.8, 4) is 11.6 Å². The van der Waals surface area contributed by atoms with Gasteiger partial charge in [0, 0.05) is 25.2 Å². The lowest BCUT2D eigenvalue weighted by atomic mass is 9.87. The minimum Gasteiger partial charge on any atom is -0.479 e. The number of hydrogen-bond acceptors (Lipinski definition) is 7. The van der Waals surface area contributed by atoms with Gasteiger partial charge < -0.3 is 14.9 Å². The molecule has 3 rings (SSSR count). The van der Waals surface area contributed by atoms with E-state index in [0.29, 0.717) is 11.4 Å². The third-order valence-corrected chi connectivity index (χ3v) is 4.31. The van der Waals surface area contributed by atoms with Gasteiger partial charge in [0.2, 0.25) is 23.4 Å². The lowest BCUT2D eigenvalue weighted by Gasteiger charge is -2.30. The van der Waals surface area contributed by atoms with E-state index in [1.807, 2.05) is 0 Å². The number of carboxylic acid groups (broad SMARTS) is 1. The van der Waals surface area contributed by atoms with E-state index in [0.717, 1.165) is 0 Å². The molecule has 0 aliphatic rings. The van der Waals surface area contributed by atoms with Crippen LogP contribution in [0.2, 0.25) is 0 Å². The fourth-order valence-electron chi connectivity index (χ4n) is 2.80. The highest BCUT2D eigenvalue weighted by atomic mass is 16.5. The molecule has 0 bridgehead atoms. The number of amides is 1. The highest BCUT2D eigenvalue weighted by molar-refractivity contribution is 5.88. The summed E-state index contributed by atoms with van der Waals surface area (Å²) >= 11 is 0. The number of aryl methyl sites for hydroxylation is 1. The molecular formula is C19H19N5O4. The first-order valence-corrected chi connectivity index (χ1v) is 8.75. The van der Waals surface area contributed by atoms with Crippen molar-refractivity contribution in [2.75, 3.05) is 0 Å². The molecule has 0 spiro atoms. The molecular weight excluding hydrogens is 362 g/mol. The molecule has 9 heteroatoms. The molecule has 0 aliphatic carbocycles. The van der Waals surface area contributed by atoms with Gasteiger partial charge in [0.25, 0.3) is 0 Å². The maximum absolute atomic E-state index is 12.5. The van der Waals surface area contributed by atoms with Crippen LogP contribution in [0, 0.1) is 0 Å². The molecule has 1 aromatic carbocycles. The molecule has 1 atom stereocenters. The largest absolute Gasteiger partial charge is 0.479 e. The van der Waals surface area contributed by atoms with Gasteiger partial charge in [-0.2, -0.15) is 4.98 Å². The van der Waals surface area contributed by atoms with Crippen molar-refractivity contribution in [1.82, 2.24) is 25.4 Å². The van der Waals surface area contributed by atoms with Gasteiger partial charge >= 0.3 is 5.97 Å². The van der Waals surface area contributed by atoms with E-state index < -0.39 is 17.4 Å². The Bertz CT molecular complexity index is 945. The summed E-state index contributed by atoms with van der Waals surface area (Å²) in [5, 5.41) is 16.2. The van der Waals surface area contributed by atoms with Crippen LogP contribution in [0.15, 0.2) is 53.3 Å². The number of carbonyl (C=O) groups excluding carboxylic acids is 1. The Morgan fingerprint density at radius 1 is 1.11 bits per heavy atom. The second-order valence-corrected chi connectivity index (χ2v) is 6.06. The number of carboxylic acids is 1. The number of carbonyl (C=O) groups is 2. The summed E-state index contributed by atoms with van der Waals surface area (Å²) in [5.74, 6) is -0.745. The van der Waals surface area contributed by atoms with Crippen LogP contribution in [0.25, 0.3) is 11.6 Å². The van der Waals surface area contributed by atoms with Gasteiger partial charge in [-0.3, -0.25) is 4.79 Å². The molecule has 2 heterocycles. The first-order chi connectivity index (χ1) is 13.5. The normalized spacial score (nSPS) is 12.9. The molecule has 3 aromatic rings. The van der Waals surface area contributed by atoms with Gasteiger partial charge in [0.05, 0.1) is 0 Å². The fraction of sp³-hybridized carbons (Fsp3) is 0.263. The molecule has 0 fully saturated rings. The highest BCUT2D eigenvalue weighted by Gasteiger charge is 2.40. The van der Waals surface area contributed by atoms with Crippen molar-refractivity contribution in [3.63, 3.8) is 0 Å². The molecule has 28 heavy (non-hydrogen) atoms. The maximum atomic E-state index is 12.5. The second kappa shape index (κ2) is 8.38. The van der Waals surface area contributed by atoms with Crippen LogP contribution in [0.5, 0.6) is 0 Å². The summed E-state index contributed by atoms with van der Waals surface area (Å²) < 4.78 is 5.12. The van der Waals surface area contributed by atoms with E-state index in [1.54, 1.807) is 55.7 Å². The van der Waals surface area contributed by atoms with Crippen LogP contribution in [-0.2, 0) is 21.5 Å². The van der Waals surface area contributed by atoms with Crippen LogP contribution in [-0.4, -0.2) is 37.1 Å². The van der Waals surface area contributed by atoms with Gasteiger partial charge in [-0.25, -0.2) is 14.8 Å². The fourth-order valence-corrected chi connectivity index (χ4v) is 2.80. The van der Waals surface area contributed by atoms with Crippen LogP contribution in [0.1, 0.15) is 31.2 Å². The zero-order valence-electron chi connectivity index (χ0n) is 15.2. The smallest absolute Gasteiger partial charge is 0.334 e. The minimum absolute atomic E-state index is 0.000849. The van der Waals surface area contributed by atoms with Gasteiger partial charge in [-0.05, 0) is 18.1 Å². The van der Waals surface area contributed by atoms with Crippen molar-refractivity contribution in [3.05, 3.63) is 60.2 Å². The van der Waals surface area contributed by atoms with E-state index in [4.69, 9.17) is 4.52 Å². The molecule has 0 radical (unpaired) electrons. The zero-order valence-corrected chi connectivity index (χ0v) is 15.2. The average Bonchev–Trinajstić information content (AvgIpc) is 3.21. The third kappa shape index (κ3) is 4.03. The predicted octanol–water partition coefficient (Wildman–Crippen LogP) is 1.97. The van der Waals surface area contributed by atoms with E-state index in [-0.39, 0.29) is 31.0 Å². The van der Waals surface area contributed by atoms with E-state index >= 15 is 0 Å². The van der Waals surface area contributed by atoms with E-state index in [1.165, 1.54) is 0 Å². The molecule has 0 aliphatic heterocycles. The number of benzene rings is 1. The number of aliphatic carboxylic acids is 1. The van der Waals surface area contributed by atoms with Crippen LogP contribution < -0.4 is 5.32 Å². The Morgan fingerprint density at radius 3 is 2.46 bits per heavy atom. The molecule has 1 amide bonds. The van der Waals surface area contributed by atoms with Crippen molar-refractivity contribution >= 4 is 11.9 Å². The van der Waals surface area contributed by atoms with Crippen molar-refractivity contribution in [2.45, 2.75) is 31.7 Å². The Labute approximate surface area is 160 Å². The van der Waals surface area contributed by atoms with Gasteiger partial charge in [0.15, 0.2) is 5.54 Å². The second-order valence-electron chi connectivity index (χ2n) is 6.06. The predicted molar refractivity (Wildman–Crippen MR) is 97.8 cm³/mol. The molecule has 2 aromatic heterocycles. The molecule has 0 saturated carbocycles. The molecule has 9 nitrogen and oxygen atoms in total. The summed E-state index contributed by atoms with van der Waals surface area (Å²) in [6.45, 7) is 1.71. The Hall–Kier alpha value is -3.62. The van der Waals surface area contributed by atoms with Gasteiger partial charge in [-0.1, -0.05) is 42.4 Å². The summed E-state index contributed by atoms with van der Waals surface area (Å²) in [6.07, 6.45) is 3.49. The number of rotatable bonds is 8. The Morgan fingerprint density at radius 2 is 1.82 bits per heavy atom. The molecule has 2 N–H and O–H groups in total. The number of aromatic nitrogens is 4. The number of hydrogen-bond donors (Lipinski definition) is 2. The summed E-state index contributed by atoms with van der Waals surface area (Å²) in [4.78, 5) is 36.6. The number of nitrogens with one attached hydrogen (secondary N) is 1. The quantitative estimate of drug-likeness (QED) is 0.605. The van der Waals surface area contributed by atoms with Crippen molar-refractivity contribution in [1.29, 1.82) is 0 Å². The number of nitrogens with zero attached hydrogens (tertiary/aromatic N) is 4. The SMILES string of the molecule is CCC(NC(=O)CCc1nc(-c2ncccn2)no1)(C(=O)O)c1ccccc1. The topological polar surface area (TPSA) is 131 Å². The first-order valence-electron chi connectivity index (χ1n) is 8.75. The highest BCUT2D eigenvalue weighted by Crippen LogP contribution is 2.25. The third-order valence-electron chi connectivity index (χ3n) is 4.31. The lowest BCUT2D eigenvalue weighted by Crippen LogP contribution is -2.51. The Balaban J connectivity index is 1.67. The minimum atomic E-state index is -1.49. The lowest BCUT2D eigenvalue weighted by molar-refractivity contribution is -0.148. The van der Waals surface area contributed by atoms with E-state index in [2.05, 4.69) is 25.4 Å². The maximum Gasteiger partial charge on any atom is 0.334 e. The monoisotopic (exact) mass is 381 g/mol. The van der Waals surface area contributed by atoms with Gasteiger partial charge in [0.1, 0.15) is 0 Å². The van der Waals surface area contributed by atoms with Crippen LogP contribution in [0.4, 0.5) is 0 Å². The average molecular weight is 381 g/mol.